The van der Waals surface area contributed by atoms with Gasteiger partial charge >= 0.3 is 5.97 Å². The summed E-state index contributed by atoms with van der Waals surface area (Å²) >= 11 is 4.09. The van der Waals surface area contributed by atoms with Gasteiger partial charge < -0.3 is 14.6 Å². The summed E-state index contributed by atoms with van der Waals surface area (Å²) in [5, 5.41) is 8.59. The highest BCUT2D eigenvalue weighted by atomic mass is 79.9. The maximum atomic E-state index is 13.4. The van der Waals surface area contributed by atoms with Crippen LogP contribution < -0.4 is 9.47 Å². The summed E-state index contributed by atoms with van der Waals surface area (Å²) in [5.41, 5.74) is 2.22. The van der Waals surface area contributed by atoms with Gasteiger partial charge in [-0.25, -0.2) is 9.18 Å². The molecule has 36 heavy (non-hydrogen) atoms. The lowest BCUT2D eigenvalue weighted by Gasteiger charge is -2.14. The number of amides is 2. The van der Waals surface area contributed by atoms with E-state index in [0.29, 0.717) is 27.1 Å². The maximum absolute atomic E-state index is 13.4. The van der Waals surface area contributed by atoms with Crippen molar-refractivity contribution in [2.24, 2.45) is 0 Å². The minimum atomic E-state index is -0.999. The zero-order chi connectivity index (χ0) is 25.8. The molecule has 4 rings (SSSR count). The maximum Gasteiger partial charge on any atom is 0.335 e. The van der Waals surface area contributed by atoms with Gasteiger partial charge in [-0.1, -0.05) is 40.2 Å². The molecule has 0 spiro atoms. The van der Waals surface area contributed by atoms with Crippen LogP contribution in [-0.4, -0.2) is 34.2 Å². The van der Waals surface area contributed by atoms with Crippen LogP contribution in [0.3, 0.4) is 0 Å². The lowest BCUT2D eigenvalue weighted by molar-refractivity contribution is -0.123. The Morgan fingerprint density at radius 3 is 2.50 bits per heavy atom. The average Bonchev–Trinajstić information content (AvgIpc) is 3.12. The zero-order valence-corrected chi connectivity index (χ0v) is 21.3. The molecule has 0 radical (unpaired) electrons. The number of methoxy groups -OCH3 is 1. The van der Waals surface area contributed by atoms with Crippen LogP contribution in [0.1, 0.15) is 27.0 Å². The van der Waals surface area contributed by atoms with Gasteiger partial charge in [-0.15, -0.1) is 0 Å². The van der Waals surface area contributed by atoms with E-state index in [2.05, 4.69) is 15.9 Å². The van der Waals surface area contributed by atoms with E-state index in [-0.39, 0.29) is 23.6 Å². The Morgan fingerprint density at radius 2 is 1.83 bits per heavy atom. The number of thioether (sulfide) groups is 1. The molecule has 2 amide bonds. The van der Waals surface area contributed by atoms with E-state index in [1.165, 1.54) is 37.4 Å². The first-order valence-corrected chi connectivity index (χ1v) is 12.2. The molecule has 1 N–H and O–H groups in total. The van der Waals surface area contributed by atoms with Crippen molar-refractivity contribution in [2.45, 2.75) is 13.2 Å². The Labute approximate surface area is 218 Å². The van der Waals surface area contributed by atoms with Crippen molar-refractivity contribution in [1.82, 2.24) is 4.90 Å². The van der Waals surface area contributed by atoms with Crippen LogP contribution in [0.2, 0.25) is 0 Å². The number of aromatic carboxylic acids is 1. The standard InChI is InChI=1S/C26H19BrFNO6S/c1-34-22-10-16(4-9-21(22)35-14-15-2-5-17(6-3-15)25(31)32)11-23-24(30)29(26(33)36-23)13-18-7-8-19(28)12-20(18)27/h2-12H,13-14H2,1H3,(H,31,32)/b23-11-. The third kappa shape index (κ3) is 5.77. The van der Waals surface area contributed by atoms with Crippen molar-refractivity contribution >= 4 is 50.9 Å². The van der Waals surface area contributed by atoms with E-state index in [4.69, 9.17) is 14.6 Å². The smallest absolute Gasteiger partial charge is 0.335 e. The summed E-state index contributed by atoms with van der Waals surface area (Å²) in [7, 11) is 1.49. The predicted molar refractivity (Wildman–Crippen MR) is 136 cm³/mol. The lowest BCUT2D eigenvalue weighted by Crippen LogP contribution is -2.27. The number of imide groups is 1. The molecule has 0 saturated carbocycles. The summed E-state index contributed by atoms with van der Waals surface area (Å²) in [6.45, 7) is 0.222. The summed E-state index contributed by atoms with van der Waals surface area (Å²) < 4.78 is 25.1. The number of hydrogen-bond donors (Lipinski definition) is 1. The number of carboxylic acid groups (broad SMARTS) is 1. The van der Waals surface area contributed by atoms with Crippen molar-refractivity contribution in [3.8, 4) is 11.5 Å². The van der Waals surface area contributed by atoms with Gasteiger partial charge in [0.15, 0.2) is 11.5 Å². The molecule has 1 fully saturated rings. The Hall–Kier alpha value is -3.63. The molecule has 0 aliphatic carbocycles. The molecule has 0 aromatic heterocycles. The quantitative estimate of drug-likeness (QED) is 0.326. The molecule has 1 heterocycles. The predicted octanol–water partition coefficient (Wildman–Crippen LogP) is 6.11. The Bertz CT molecular complexity index is 1380. The minimum Gasteiger partial charge on any atom is -0.493 e. The molecular weight excluding hydrogens is 553 g/mol. The number of rotatable bonds is 8. The van der Waals surface area contributed by atoms with Crippen LogP contribution in [0.15, 0.2) is 70.0 Å². The van der Waals surface area contributed by atoms with E-state index < -0.39 is 22.9 Å². The van der Waals surface area contributed by atoms with E-state index >= 15 is 0 Å². The first-order valence-electron chi connectivity index (χ1n) is 10.6. The number of hydrogen-bond acceptors (Lipinski definition) is 6. The molecule has 7 nitrogen and oxygen atoms in total. The fourth-order valence-corrected chi connectivity index (χ4v) is 4.72. The molecule has 184 valence electrons. The number of carbonyl (C=O) groups excluding carboxylic acids is 2. The van der Waals surface area contributed by atoms with Crippen molar-refractivity contribution in [3.05, 3.63) is 98.1 Å². The van der Waals surface area contributed by atoms with Crippen molar-refractivity contribution < 1.29 is 33.4 Å². The number of carboxylic acids is 1. The Kier molecular flexibility index (Phi) is 7.76. The van der Waals surface area contributed by atoms with Crippen molar-refractivity contribution in [2.75, 3.05) is 7.11 Å². The molecule has 10 heteroatoms. The fraction of sp³-hybridized carbons (Fsp3) is 0.115. The monoisotopic (exact) mass is 571 g/mol. The molecular formula is C26H19BrFNO6S. The topological polar surface area (TPSA) is 93.1 Å². The van der Waals surface area contributed by atoms with E-state index in [1.807, 2.05) is 0 Å². The van der Waals surface area contributed by atoms with Gasteiger partial charge in [0.25, 0.3) is 11.1 Å². The highest BCUT2D eigenvalue weighted by molar-refractivity contribution is 9.10. The van der Waals surface area contributed by atoms with Crippen LogP contribution >= 0.6 is 27.7 Å². The summed E-state index contributed by atoms with van der Waals surface area (Å²) in [6, 6.07) is 15.5. The van der Waals surface area contributed by atoms with Crippen LogP contribution in [0.4, 0.5) is 9.18 Å². The number of nitrogens with zero attached hydrogens (tertiary/aromatic N) is 1. The Morgan fingerprint density at radius 1 is 1.08 bits per heavy atom. The van der Waals surface area contributed by atoms with Crippen molar-refractivity contribution in [3.63, 3.8) is 0 Å². The SMILES string of the molecule is COc1cc(/C=C2\SC(=O)N(Cc3ccc(F)cc3Br)C2=O)ccc1OCc1ccc(C(=O)O)cc1. The van der Waals surface area contributed by atoms with E-state index in [9.17, 15) is 18.8 Å². The van der Waals surface area contributed by atoms with Gasteiger partial charge in [0.2, 0.25) is 0 Å². The summed E-state index contributed by atoms with van der Waals surface area (Å²) in [4.78, 5) is 37.7. The highest BCUT2D eigenvalue weighted by Gasteiger charge is 2.35. The minimum absolute atomic E-state index is 0.0203. The van der Waals surface area contributed by atoms with Crippen molar-refractivity contribution in [1.29, 1.82) is 0 Å². The molecule has 0 unspecified atom stereocenters. The largest absolute Gasteiger partial charge is 0.493 e. The van der Waals surface area contributed by atoms with E-state index in [1.54, 1.807) is 36.4 Å². The molecule has 3 aromatic rings. The molecule has 3 aromatic carbocycles. The van der Waals surface area contributed by atoms with Crippen LogP contribution in [0.25, 0.3) is 6.08 Å². The average molecular weight is 572 g/mol. The summed E-state index contributed by atoms with van der Waals surface area (Å²) in [5.74, 6) is -0.963. The number of ether oxygens (including phenoxy) is 2. The second-order valence-corrected chi connectivity index (χ2v) is 9.55. The van der Waals surface area contributed by atoms with Crippen LogP contribution in [0.5, 0.6) is 11.5 Å². The third-order valence-corrected chi connectivity index (χ3v) is 6.94. The lowest BCUT2D eigenvalue weighted by atomic mass is 10.1. The van der Waals surface area contributed by atoms with Gasteiger partial charge in [0, 0.05) is 4.47 Å². The van der Waals surface area contributed by atoms with E-state index in [0.717, 1.165) is 22.2 Å². The molecule has 1 aliphatic heterocycles. The van der Waals surface area contributed by atoms with Crippen LogP contribution in [0, 0.1) is 5.82 Å². The first-order chi connectivity index (χ1) is 17.2. The normalized spacial score (nSPS) is 14.4. The van der Waals surface area contributed by atoms with Gasteiger partial charge in [-0.3, -0.25) is 14.5 Å². The summed E-state index contributed by atoms with van der Waals surface area (Å²) in [6.07, 6.45) is 1.60. The third-order valence-electron chi connectivity index (χ3n) is 5.30. The zero-order valence-electron chi connectivity index (χ0n) is 18.9. The second-order valence-electron chi connectivity index (χ2n) is 7.70. The number of carbonyl (C=O) groups is 3. The molecule has 0 atom stereocenters. The highest BCUT2D eigenvalue weighted by Crippen LogP contribution is 2.36. The Balaban J connectivity index is 1.47. The first kappa shape index (κ1) is 25.5. The van der Waals surface area contributed by atoms with Gasteiger partial charge in [0.1, 0.15) is 12.4 Å². The van der Waals surface area contributed by atoms with Gasteiger partial charge in [0.05, 0.1) is 24.1 Å². The molecule has 1 saturated heterocycles. The van der Waals surface area contributed by atoms with Gasteiger partial charge in [-0.2, -0.15) is 0 Å². The number of halogens is 2. The molecule has 0 bridgehead atoms. The second kappa shape index (κ2) is 11.0. The van der Waals surface area contributed by atoms with Gasteiger partial charge in [-0.05, 0) is 70.9 Å². The molecule has 1 aliphatic rings. The fourth-order valence-electron chi connectivity index (χ4n) is 3.41. The number of benzene rings is 3. The van der Waals surface area contributed by atoms with Crippen LogP contribution in [-0.2, 0) is 17.9 Å².